The summed E-state index contributed by atoms with van der Waals surface area (Å²) in [6.07, 6.45) is 1.81. The number of nitrogens with one attached hydrogen (secondary N) is 1. The number of aryl methyl sites for hydroxylation is 2. The number of anilines is 1. The van der Waals surface area contributed by atoms with Crippen LogP contribution in [0.2, 0.25) is 0 Å². The van der Waals surface area contributed by atoms with E-state index in [1.807, 2.05) is 42.9 Å². The standard InChI is InChI=1S/C29H26FN3O2S/c1-18-12-22(4-6-25(18)30)29-24(21-5-7-26-28(13-21)36-17-33-26)14-23(16-32-29)31-15-20-3-8-27(19(2)11-20)35-10-9-34/h3-8,11-14,16-17,31,34H,9-10,15H2,1-2H3. The van der Waals surface area contributed by atoms with E-state index in [0.29, 0.717) is 12.1 Å². The van der Waals surface area contributed by atoms with Crippen LogP contribution >= 0.6 is 11.3 Å². The van der Waals surface area contributed by atoms with Gasteiger partial charge < -0.3 is 15.2 Å². The maximum absolute atomic E-state index is 14.0. The van der Waals surface area contributed by atoms with Gasteiger partial charge >= 0.3 is 0 Å². The fourth-order valence-corrected chi connectivity index (χ4v) is 4.89. The summed E-state index contributed by atoms with van der Waals surface area (Å²) in [5.41, 5.74) is 10.1. The van der Waals surface area contributed by atoms with Crippen LogP contribution in [0.15, 0.2) is 72.4 Å². The number of rotatable bonds is 8. The lowest BCUT2D eigenvalue weighted by Gasteiger charge is -2.14. The van der Waals surface area contributed by atoms with Crippen LogP contribution in [0.25, 0.3) is 32.6 Å². The van der Waals surface area contributed by atoms with Crippen LogP contribution in [-0.2, 0) is 6.54 Å². The van der Waals surface area contributed by atoms with Crippen molar-refractivity contribution in [2.24, 2.45) is 0 Å². The van der Waals surface area contributed by atoms with Gasteiger partial charge in [0.2, 0.25) is 0 Å². The molecule has 5 nitrogen and oxygen atoms in total. The van der Waals surface area contributed by atoms with E-state index < -0.39 is 0 Å². The molecule has 2 heterocycles. The van der Waals surface area contributed by atoms with Crippen molar-refractivity contribution in [3.8, 4) is 28.1 Å². The molecule has 0 radical (unpaired) electrons. The summed E-state index contributed by atoms with van der Waals surface area (Å²) in [5.74, 6) is 0.543. The molecular weight excluding hydrogens is 473 g/mol. The van der Waals surface area contributed by atoms with E-state index in [0.717, 1.165) is 55.2 Å². The number of ether oxygens (including phenoxy) is 1. The third-order valence-corrected chi connectivity index (χ3v) is 6.84. The first kappa shape index (κ1) is 23.9. The second-order valence-electron chi connectivity index (χ2n) is 8.64. The van der Waals surface area contributed by atoms with Gasteiger partial charge in [0.15, 0.2) is 0 Å². The van der Waals surface area contributed by atoms with Gasteiger partial charge in [-0.3, -0.25) is 4.98 Å². The zero-order valence-electron chi connectivity index (χ0n) is 20.1. The van der Waals surface area contributed by atoms with Crippen LogP contribution in [0, 0.1) is 19.7 Å². The van der Waals surface area contributed by atoms with Crippen LogP contribution in [0.1, 0.15) is 16.7 Å². The zero-order chi connectivity index (χ0) is 25.1. The first-order valence-corrected chi connectivity index (χ1v) is 12.6. The Labute approximate surface area is 213 Å². The van der Waals surface area contributed by atoms with Crippen molar-refractivity contribution in [3.63, 3.8) is 0 Å². The minimum absolute atomic E-state index is 0.0124. The molecule has 0 unspecified atom stereocenters. The maximum Gasteiger partial charge on any atom is 0.126 e. The van der Waals surface area contributed by atoms with E-state index in [9.17, 15) is 4.39 Å². The molecule has 3 aromatic carbocycles. The Bertz CT molecular complexity index is 1530. The van der Waals surface area contributed by atoms with Crippen molar-refractivity contribution in [2.75, 3.05) is 18.5 Å². The first-order chi connectivity index (χ1) is 17.5. The third kappa shape index (κ3) is 5.08. The molecule has 0 amide bonds. The summed E-state index contributed by atoms with van der Waals surface area (Å²) in [7, 11) is 0. The number of aliphatic hydroxyl groups is 1. The number of hydrogen-bond acceptors (Lipinski definition) is 6. The van der Waals surface area contributed by atoms with Crippen LogP contribution < -0.4 is 10.1 Å². The highest BCUT2D eigenvalue weighted by Crippen LogP contribution is 2.35. The number of benzene rings is 3. The summed E-state index contributed by atoms with van der Waals surface area (Å²) in [4.78, 5) is 9.19. The highest BCUT2D eigenvalue weighted by atomic mass is 32.1. The molecule has 7 heteroatoms. The van der Waals surface area contributed by atoms with E-state index in [1.54, 1.807) is 24.3 Å². The SMILES string of the molecule is Cc1cc(-c2ncc(NCc3ccc(OCCO)c(C)c3)cc2-c2ccc3ncsc3c2)ccc1F. The number of halogens is 1. The van der Waals surface area contributed by atoms with Gasteiger partial charge in [-0.2, -0.15) is 0 Å². The largest absolute Gasteiger partial charge is 0.491 e. The summed E-state index contributed by atoms with van der Waals surface area (Å²) in [5, 5.41) is 12.5. The predicted molar refractivity (Wildman–Crippen MR) is 144 cm³/mol. The number of fused-ring (bicyclic) bond motifs is 1. The zero-order valence-corrected chi connectivity index (χ0v) is 20.9. The van der Waals surface area contributed by atoms with Gasteiger partial charge in [-0.25, -0.2) is 9.37 Å². The molecule has 0 aliphatic rings. The molecule has 2 N–H and O–H groups in total. The fraction of sp³-hybridized carbons (Fsp3) is 0.172. The van der Waals surface area contributed by atoms with Crippen LogP contribution in [0.3, 0.4) is 0 Å². The van der Waals surface area contributed by atoms with E-state index in [2.05, 4.69) is 34.6 Å². The number of thiazole rings is 1. The second kappa shape index (κ2) is 10.4. The molecule has 36 heavy (non-hydrogen) atoms. The number of pyridine rings is 1. The summed E-state index contributed by atoms with van der Waals surface area (Å²) in [6.45, 7) is 4.64. The second-order valence-corrected chi connectivity index (χ2v) is 9.53. The number of hydrogen-bond donors (Lipinski definition) is 2. The third-order valence-electron chi connectivity index (χ3n) is 6.05. The molecule has 182 valence electrons. The number of aromatic nitrogens is 2. The van der Waals surface area contributed by atoms with Gasteiger partial charge in [0.25, 0.3) is 0 Å². The lowest BCUT2D eigenvalue weighted by atomic mass is 9.97. The Hall–Kier alpha value is -3.81. The Morgan fingerprint density at radius 1 is 0.944 bits per heavy atom. The summed E-state index contributed by atoms with van der Waals surface area (Å²) >= 11 is 1.60. The summed E-state index contributed by atoms with van der Waals surface area (Å²) in [6, 6.07) is 19.4. The number of nitrogens with zero attached hydrogens (tertiary/aromatic N) is 2. The molecule has 5 aromatic rings. The normalized spacial score (nSPS) is 11.1. The van der Waals surface area contributed by atoms with Gasteiger partial charge in [0, 0.05) is 17.7 Å². The average Bonchev–Trinajstić information content (AvgIpc) is 3.36. The lowest BCUT2D eigenvalue weighted by molar-refractivity contribution is 0.200. The topological polar surface area (TPSA) is 67.3 Å². The van der Waals surface area contributed by atoms with E-state index in [4.69, 9.17) is 14.8 Å². The molecular formula is C29H26FN3O2S. The minimum atomic E-state index is -0.229. The fourth-order valence-electron chi connectivity index (χ4n) is 4.17. The van der Waals surface area contributed by atoms with Crippen molar-refractivity contribution in [1.82, 2.24) is 9.97 Å². The Morgan fingerprint density at radius 3 is 2.61 bits per heavy atom. The average molecular weight is 500 g/mol. The first-order valence-electron chi connectivity index (χ1n) is 11.7. The van der Waals surface area contributed by atoms with Crippen molar-refractivity contribution in [3.05, 3.63) is 94.9 Å². The molecule has 0 saturated heterocycles. The van der Waals surface area contributed by atoms with E-state index in [1.165, 1.54) is 6.07 Å². The Balaban J connectivity index is 1.47. The monoisotopic (exact) mass is 499 g/mol. The molecule has 0 fully saturated rings. The van der Waals surface area contributed by atoms with E-state index >= 15 is 0 Å². The van der Waals surface area contributed by atoms with Gasteiger partial charge in [0.05, 0.1) is 39.9 Å². The molecule has 0 aliphatic heterocycles. The van der Waals surface area contributed by atoms with Crippen LogP contribution in [0.4, 0.5) is 10.1 Å². The quantitative estimate of drug-likeness (QED) is 0.247. The highest BCUT2D eigenvalue weighted by molar-refractivity contribution is 7.16. The van der Waals surface area contributed by atoms with E-state index in [-0.39, 0.29) is 19.0 Å². The Kier molecular flexibility index (Phi) is 6.93. The number of aliphatic hydroxyl groups excluding tert-OH is 1. The van der Waals surface area contributed by atoms with Crippen molar-refractivity contribution < 1.29 is 14.2 Å². The molecule has 5 rings (SSSR count). The highest BCUT2D eigenvalue weighted by Gasteiger charge is 2.13. The van der Waals surface area contributed by atoms with Crippen molar-refractivity contribution >= 4 is 27.2 Å². The van der Waals surface area contributed by atoms with Crippen LogP contribution in [0.5, 0.6) is 5.75 Å². The molecule has 0 bridgehead atoms. The van der Waals surface area contributed by atoms with Gasteiger partial charge in [-0.15, -0.1) is 11.3 Å². The minimum Gasteiger partial charge on any atom is -0.491 e. The molecule has 0 atom stereocenters. The molecule has 0 saturated carbocycles. The van der Waals surface area contributed by atoms with Gasteiger partial charge in [0.1, 0.15) is 18.2 Å². The maximum atomic E-state index is 14.0. The summed E-state index contributed by atoms with van der Waals surface area (Å²) < 4.78 is 20.6. The van der Waals surface area contributed by atoms with Gasteiger partial charge in [-0.1, -0.05) is 18.2 Å². The molecule has 0 spiro atoms. The lowest BCUT2D eigenvalue weighted by Crippen LogP contribution is -2.04. The van der Waals surface area contributed by atoms with Gasteiger partial charge in [-0.05, 0) is 78.6 Å². The smallest absolute Gasteiger partial charge is 0.126 e. The van der Waals surface area contributed by atoms with Crippen molar-refractivity contribution in [1.29, 1.82) is 0 Å². The predicted octanol–water partition coefficient (Wildman–Crippen LogP) is 6.76. The Morgan fingerprint density at radius 2 is 1.81 bits per heavy atom. The molecule has 0 aliphatic carbocycles. The van der Waals surface area contributed by atoms with Crippen molar-refractivity contribution in [2.45, 2.75) is 20.4 Å². The molecule has 2 aromatic heterocycles. The van der Waals surface area contributed by atoms with Crippen LogP contribution in [-0.4, -0.2) is 28.3 Å².